The third-order valence-electron chi connectivity index (χ3n) is 23.1. The Balaban J connectivity index is 0.702. The summed E-state index contributed by atoms with van der Waals surface area (Å²) >= 11 is 0. The number of anilines is 6. The number of hydrogen-bond acceptors (Lipinski definition) is 2. The molecular weight excluding hydrogens is 1270 g/mol. The van der Waals surface area contributed by atoms with Crippen molar-refractivity contribution in [3.8, 4) is 89.0 Å². The molecule has 2 heteroatoms. The smallest absolute Gasteiger partial charge is 0.0714 e. The maximum absolute atomic E-state index is 2.58. The Labute approximate surface area is 616 Å². The summed E-state index contributed by atoms with van der Waals surface area (Å²) < 4.78 is 0. The summed E-state index contributed by atoms with van der Waals surface area (Å²) in [6.45, 7) is 9.45. The number of hydrogen-bond donors (Lipinski definition) is 0. The summed E-state index contributed by atoms with van der Waals surface area (Å²) in [6, 6.07) is 145. The minimum Gasteiger partial charge on any atom is -0.310 e. The molecule has 498 valence electrons. The molecule has 0 amide bonds. The highest BCUT2D eigenvalue weighted by Crippen LogP contribution is 2.62. The molecule has 2 unspecified atom stereocenters. The summed E-state index contributed by atoms with van der Waals surface area (Å²) in [7, 11) is 0. The molecule has 0 fully saturated rings. The van der Waals surface area contributed by atoms with E-state index in [4.69, 9.17) is 0 Å². The largest absolute Gasteiger partial charge is 0.310 e. The molecule has 0 saturated carbocycles. The van der Waals surface area contributed by atoms with Crippen molar-refractivity contribution in [1.82, 2.24) is 0 Å². The monoisotopic (exact) mass is 1340 g/mol. The molecule has 19 rings (SSSR count). The first-order valence-corrected chi connectivity index (χ1v) is 36.8. The van der Waals surface area contributed by atoms with Gasteiger partial charge in [0.2, 0.25) is 0 Å². The minimum atomic E-state index is -0.676. The summed E-state index contributed by atoms with van der Waals surface area (Å²) in [5.74, 6) is 0. The topological polar surface area (TPSA) is 6.48 Å². The Morgan fingerprint density at radius 1 is 0.238 bits per heavy atom. The van der Waals surface area contributed by atoms with E-state index in [0.29, 0.717) is 0 Å². The van der Waals surface area contributed by atoms with Gasteiger partial charge < -0.3 is 9.80 Å². The summed E-state index contributed by atoms with van der Waals surface area (Å²) in [6.07, 6.45) is 0. The highest BCUT2D eigenvalue weighted by Gasteiger charge is 2.48. The fourth-order valence-electron chi connectivity index (χ4n) is 17.8. The summed E-state index contributed by atoms with van der Waals surface area (Å²) in [5.41, 5.74) is 37.4. The van der Waals surface area contributed by atoms with Gasteiger partial charge in [-0.25, -0.2) is 0 Å². The third kappa shape index (κ3) is 10.3. The Kier molecular flexibility index (Phi) is 15.2. The molecule has 2 atom stereocenters. The van der Waals surface area contributed by atoms with Crippen LogP contribution < -0.4 is 9.80 Å². The lowest BCUT2D eigenvalue weighted by atomic mass is 9.67. The predicted octanol–water partition coefficient (Wildman–Crippen LogP) is 27.3. The number of para-hydroxylation sites is 1. The van der Waals surface area contributed by atoms with Crippen LogP contribution in [0.4, 0.5) is 34.1 Å². The van der Waals surface area contributed by atoms with Gasteiger partial charge in [0, 0.05) is 33.3 Å². The molecule has 3 aliphatic rings. The van der Waals surface area contributed by atoms with Crippen molar-refractivity contribution in [2.75, 3.05) is 9.80 Å². The summed E-state index contributed by atoms with van der Waals surface area (Å²) in [5, 5.41) is 0. The fourth-order valence-corrected chi connectivity index (χ4v) is 17.8. The van der Waals surface area contributed by atoms with Crippen LogP contribution in [0.1, 0.15) is 76.4 Å². The second-order valence-corrected chi connectivity index (χ2v) is 29.3. The van der Waals surface area contributed by atoms with Gasteiger partial charge >= 0.3 is 0 Å². The third-order valence-corrected chi connectivity index (χ3v) is 23.1. The minimum absolute atomic E-state index is 0.338. The van der Waals surface area contributed by atoms with Crippen molar-refractivity contribution >= 4 is 34.1 Å². The summed E-state index contributed by atoms with van der Waals surface area (Å²) in [4.78, 5) is 5.04. The second kappa shape index (κ2) is 25.3. The van der Waals surface area contributed by atoms with Crippen LogP contribution in [-0.2, 0) is 16.2 Å². The van der Waals surface area contributed by atoms with Gasteiger partial charge in [0.25, 0.3) is 0 Å². The second-order valence-electron chi connectivity index (χ2n) is 29.3. The van der Waals surface area contributed by atoms with E-state index in [2.05, 4.69) is 426 Å². The molecule has 16 aromatic carbocycles. The lowest BCUT2D eigenvalue weighted by molar-refractivity contribution is 0.632. The normalized spacial score (nSPS) is 15.6. The lowest BCUT2D eigenvalue weighted by Crippen LogP contribution is -2.31. The van der Waals surface area contributed by atoms with Crippen LogP contribution in [0.25, 0.3) is 89.0 Å². The van der Waals surface area contributed by atoms with E-state index in [1.165, 1.54) is 145 Å². The number of fused-ring (bicyclic) bond motifs is 8. The number of rotatable bonds is 13. The molecule has 0 saturated heterocycles. The zero-order valence-electron chi connectivity index (χ0n) is 59.3. The highest BCUT2D eigenvalue weighted by molar-refractivity contribution is 6.00. The Morgan fingerprint density at radius 2 is 0.638 bits per heavy atom. The number of aryl methyl sites for hydroxylation is 1. The average Bonchev–Trinajstić information content (AvgIpc) is 1.58. The number of nitrogens with zero attached hydrogens (tertiary/aromatic N) is 2. The lowest BCUT2D eigenvalue weighted by Gasteiger charge is -2.43. The van der Waals surface area contributed by atoms with Gasteiger partial charge in [-0.15, -0.1) is 0 Å². The van der Waals surface area contributed by atoms with Crippen LogP contribution in [0.3, 0.4) is 0 Å². The van der Waals surface area contributed by atoms with E-state index in [1.807, 2.05) is 0 Å². The van der Waals surface area contributed by atoms with E-state index in [9.17, 15) is 0 Å². The van der Waals surface area contributed by atoms with Gasteiger partial charge in [-0.3, -0.25) is 0 Å². The van der Waals surface area contributed by atoms with E-state index < -0.39 is 5.41 Å². The van der Waals surface area contributed by atoms with Crippen LogP contribution in [0, 0.1) is 6.92 Å². The Bertz CT molecular complexity index is 5980. The van der Waals surface area contributed by atoms with Gasteiger partial charge in [-0.05, 0) is 215 Å². The zero-order chi connectivity index (χ0) is 70.4. The zero-order valence-corrected chi connectivity index (χ0v) is 59.3. The van der Waals surface area contributed by atoms with Crippen molar-refractivity contribution in [3.05, 3.63) is 444 Å². The fraction of sp³-hybridized carbons (Fsp3) is 0.0680. The van der Waals surface area contributed by atoms with Crippen LogP contribution in [-0.4, -0.2) is 0 Å². The molecule has 1 heterocycles. The molecule has 0 spiro atoms. The van der Waals surface area contributed by atoms with Crippen LogP contribution in [0.15, 0.2) is 388 Å². The van der Waals surface area contributed by atoms with Gasteiger partial charge in [0.15, 0.2) is 0 Å². The quantitative estimate of drug-likeness (QED) is 0.114. The van der Waals surface area contributed by atoms with Gasteiger partial charge in [-0.2, -0.15) is 0 Å². The van der Waals surface area contributed by atoms with Gasteiger partial charge in [0.05, 0.1) is 28.2 Å². The van der Waals surface area contributed by atoms with Crippen LogP contribution in [0.5, 0.6) is 0 Å². The molecule has 16 aromatic rings. The molecule has 0 radical (unpaired) electrons. The molecule has 2 aliphatic carbocycles. The molecule has 105 heavy (non-hydrogen) atoms. The van der Waals surface area contributed by atoms with E-state index in [0.717, 1.165) is 33.8 Å². The molecule has 0 N–H and O–H groups in total. The van der Waals surface area contributed by atoms with E-state index in [-0.39, 0.29) is 10.8 Å². The van der Waals surface area contributed by atoms with Gasteiger partial charge in [0.1, 0.15) is 0 Å². The number of benzene rings is 16. The molecule has 0 bridgehead atoms. The SMILES string of the molecule is Cc1ccc(C2(c3ccccc3)c3cc(-c4ccc(-c5cccc(-c6ccc7c(c6)C(C)(C)c6cc(-c8ccccc8)ccc6N7c6cccc7c6-c6ccccc6C7(C)c6ccccc6)c5)cc4)ccc3-c3ccc(N(c4ccc(-c5ccccc5)cc4)c4ccccc4-c4ccccc4)cc32)cc1. The van der Waals surface area contributed by atoms with Crippen molar-refractivity contribution in [1.29, 1.82) is 0 Å². The van der Waals surface area contributed by atoms with E-state index in [1.54, 1.807) is 0 Å². The maximum atomic E-state index is 2.58. The van der Waals surface area contributed by atoms with Crippen molar-refractivity contribution in [3.63, 3.8) is 0 Å². The van der Waals surface area contributed by atoms with Crippen molar-refractivity contribution in [2.45, 2.75) is 43.9 Å². The Hall–Kier alpha value is -12.9. The standard InChI is InChI=1S/C103H76N2/c1-69-44-55-83(56-45-69)103(82-36-18-9-19-37-82)92-65-78(52-60-87(92)88-61-59-85(68-93(88)103)104(84-57-50-72(51-58-84)70-26-10-5-11-27-70)96-42-23-21-38-86(96)75-30-14-7-15-31-75)74-48-46-73(47-49-74)76-32-24-33-77(64-76)80-54-63-98-95(67-80)101(2,3)94-66-79(71-28-12-6-13-29-71)53-62-97(94)105(98)99-43-25-41-91-100(99)89-39-20-22-40-90(89)102(91,4)81-34-16-8-17-35-81/h5-68H,1-4H3. The molecular formula is C103H76N2. The van der Waals surface area contributed by atoms with Crippen LogP contribution in [0.2, 0.25) is 0 Å². The van der Waals surface area contributed by atoms with Crippen LogP contribution >= 0.6 is 0 Å². The average molecular weight is 1340 g/mol. The molecule has 1 aliphatic heterocycles. The Morgan fingerprint density at radius 3 is 1.27 bits per heavy atom. The first kappa shape index (κ1) is 63.1. The highest BCUT2D eigenvalue weighted by atomic mass is 15.2. The van der Waals surface area contributed by atoms with Crippen molar-refractivity contribution in [2.24, 2.45) is 0 Å². The predicted molar refractivity (Wildman–Crippen MR) is 440 cm³/mol. The molecule has 0 aromatic heterocycles. The van der Waals surface area contributed by atoms with Crippen molar-refractivity contribution < 1.29 is 0 Å². The van der Waals surface area contributed by atoms with Gasteiger partial charge in [-0.1, -0.05) is 335 Å². The molecule has 2 nitrogen and oxygen atoms in total. The maximum Gasteiger partial charge on any atom is 0.0714 e. The first-order chi connectivity index (χ1) is 51.6. The van der Waals surface area contributed by atoms with E-state index >= 15 is 0 Å². The first-order valence-electron chi connectivity index (χ1n) is 36.8.